The van der Waals surface area contributed by atoms with Gasteiger partial charge in [0.2, 0.25) is 0 Å². The van der Waals surface area contributed by atoms with E-state index >= 15 is 0 Å². The van der Waals surface area contributed by atoms with Crippen molar-refractivity contribution in [3.05, 3.63) is 0 Å². The van der Waals surface area contributed by atoms with E-state index in [1.54, 1.807) is 13.8 Å². The van der Waals surface area contributed by atoms with Crippen molar-refractivity contribution >= 4 is 11.9 Å². The van der Waals surface area contributed by atoms with Gasteiger partial charge in [-0.15, -0.1) is 0 Å². The number of hydrogen-bond donors (Lipinski definition) is 1. The molecule has 0 spiro atoms. The molecule has 14 heavy (non-hydrogen) atoms. The Morgan fingerprint density at radius 1 is 1.21 bits per heavy atom. The van der Waals surface area contributed by atoms with Gasteiger partial charge in [0, 0.05) is 0 Å². The second kappa shape index (κ2) is 3.26. The molecule has 1 aliphatic rings. The molecule has 1 N–H and O–H groups in total. The van der Waals surface area contributed by atoms with Crippen LogP contribution in [0.25, 0.3) is 0 Å². The Morgan fingerprint density at radius 3 is 2.07 bits per heavy atom. The lowest BCUT2D eigenvalue weighted by Gasteiger charge is -2.23. The second-order valence-electron chi connectivity index (χ2n) is 4.59. The summed E-state index contributed by atoms with van der Waals surface area (Å²) in [6.45, 7) is 3.45. The minimum absolute atomic E-state index is 0.303. The molecule has 80 valence electrons. The number of rotatable bonds is 2. The van der Waals surface area contributed by atoms with Gasteiger partial charge in [0.25, 0.3) is 0 Å². The summed E-state index contributed by atoms with van der Waals surface area (Å²) in [5, 5.41) is 9.01. The molecule has 0 radical (unpaired) electrons. The van der Waals surface area contributed by atoms with E-state index < -0.39 is 16.8 Å². The first-order valence-electron chi connectivity index (χ1n) is 4.66. The standard InChI is InChI=1S/C10H16O4/c1-9(7(11)12)4-5-10(2,6-9)8(13)14-3/h4-6H2,1-3H3,(H,11,12)/t9-,10-/m1/s1. The minimum atomic E-state index is -0.829. The maximum Gasteiger partial charge on any atom is 0.311 e. The number of carboxylic acid groups (broad SMARTS) is 1. The molecule has 1 saturated carbocycles. The van der Waals surface area contributed by atoms with Gasteiger partial charge in [0.05, 0.1) is 17.9 Å². The van der Waals surface area contributed by atoms with Crippen LogP contribution in [0.5, 0.6) is 0 Å². The van der Waals surface area contributed by atoms with Gasteiger partial charge in [-0.25, -0.2) is 0 Å². The topological polar surface area (TPSA) is 63.6 Å². The predicted octanol–water partition coefficient (Wildman–Crippen LogP) is 1.44. The number of carbonyl (C=O) groups is 2. The van der Waals surface area contributed by atoms with Crippen molar-refractivity contribution in [1.29, 1.82) is 0 Å². The molecule has 2 atom stereocenters. The molecule has 1 aliphatic carbocycles. The molecule has 4 nitrogen and oxygen atoms in total. The Bertz CT molecular complexity index is 273. The summed E-state index contributed by atoms with van der Waals surface area (Å²) in [7, 11) is 1.34. The lowest BCUT2D eigenvalue weighted by Crippen LogP contribution is -2.31. The van der Waals surface area contributed by atoms with Crippen LogP contribution < -0.4 is 0 Å². The fourth-order valence-corrected chi connectivity index (χ4v) is 2.19. The van der Waals surface area contributed by atoms with Gasteiger partial charge < -0.3 is 9.84 Å². The van der Waals surface area contributed by atoms with E-state index in [9.17, 15) is 9.59 Å². The molecular weight excluding hydrogens is 184 g/mol. The van der Waals surface area contributed by atoms with Crippen LogP contribution in [0, 0.1) is 10.8 Å². The lowest BCUT2D eigenvalue weighted by atomic mass is 9.82. The highest BCUT2D eigenvalue weighted by molar-refractivity contribution is 5.81. The molecule has 1 fully saturated rings. The van der Waals surface area contributed by atoms with Crippen molar-refractivity contribution in [2.45, 2.75) is 33.1 Å². The highest BCUT2D eigenvalue weighted by Crippen LogP contribution is 2.49. The number of esters is 1. The Labute approximate surface area is 83.2 Å². The zero-order chi connectivity index (χ0) is 11.0. The molecule has 0 bridgehead atoms. The van der Waals surface area contributed by atoms with Gasteiger partial charge in [0.15, 0.2) is 0 Å². The van der Waals surface area contributed by atoms with Crippen molar-refractivity contribution in [2.24, 2.45) is 10.8 Å². The van der Waals surface area contributed by atoms with Gasteiger partial charge in [-0.2, -0.15) is 0 Å². The number of ether oxygens (including phenoxy) is 1. The van der Waals surface area contributed by atoms with E-state index in [2.05, 4.69) is 4.74 Å². The Kier molecular flexibility index (Phi) is 2.56. The highest BCUT2D eigenvalue weighted by Gasteiger charge is 2.51. The van der Waals surface area contributed by atoms with Crippen molar-refractivity contribution < 1.29 is 19.4 Å². The fourth-order valence-electron chi connectivity index (χ4n) is 2.19. The van der Waals surface area contributed by atoms with E-state index in [1.165, 1.54) is 7.11 Å². The smallest absolute Gasteiger partial charge is 0.311 e. The molecule has 0 heterocycles. The van der Waals surface area contributed by atoms with E-state index in [4.69, 9.17) is 5.11 Å². The van der Waals surface area contributed by atoms with Crippen molar-refractivity contribution in [3.63, 3.8) is 0 Å². The molecular formula is C10H16O4. The third-order valence-electron chi connectivity index (χ3n) is 3.20. The van der Waals surface area contributed by atoms with E-state index in [-0.39, 0.29) is 5.97 Å². The van der Waals surface area contributed by atoms with Crippen LogP contribution in [0.3, 0.4) is 0 Å². The van der Waals surface area contributed by atoms with Crippen molar-refractivity contribution in [2.75, 3.05) is 7.11 Å². The lowest BCUT2D eigenvalue weighted by molar-refractivity contribution is -0.153. The highest BCUT2D eigenvalue weighted by atomic mass is 16.5. The number of carboxylic acids is 1. The average Bonchev–Trinajstić information content (AvgIpc) is 2.44. The zero-order valence-electron chi connectivity index (χ0n) is 8.79. The third-order valence-corrected chi connectivity index (χ3v) is 3.20. The van der Waals surface area contributed by atoms with Gasteiger partial charge in [-0.05, 0) is 33.1 Å². The summed E-state index contributed by atoms with van der Waals surface area (Å²) in [6.07, 6.45) is 1.48. The fraction of sp³-hybridized carbons (Fsp3) is 0.800. The van der Waals surface area contributed by atoms with Crippen LogP contribution in [0.4, 0.5) is 0 Å². The molecule has 1 rings (SSSR count). The zero-order valence-corrected chi connectivity index (χ0v) is 8.79. The van der Waals surface area contributed by atoms with Gasteiger partial charge in [0.1, 0.15) is 0 Å². The molecule has 0 aliphatic heterocycles. The largest absolute Gasteiger partial charge is 0.481 e. The number of methoxy groups -OCH3 is 1. The SMILES string of the molecule is COC(=O)[C@]1(C)CC[C@@](C)(C(=O)O)C1. The van der Waals surface area contributed by atoms with Crippen molar-refractivity contribution in [3.8, 4) is 0 Å². The van der Waals surface area contributed by atoms with Gasteiger partial charge in [-0.1, -0.05) is 0 Å². The minimum Gasteiger partial charge on any atom is -0.481 e. The first-order valence-corrected chi connectivity index (χ1v) is 4.66. The van der Waals surface area contributed by atoms with E-state index in [0.717, 1.165) is 0 Å². The molecule has 0 aromatic heterocycles. The normalized spacial score (nSPS) is 36.8. The Hall–Kier alpha value is -1.06. The number of carbonyl (C=O) groups excluding carboxylic acids is 1. The quantitative estimate of drug-likeness (QED) is 0.685. The summed E-state index contributed by atoms with van der Waals surface area (Å²) in [5.41, 5.74) is -1.40. The second-order valence-corrected chi connectivity index (χ2v) is 4.59. The first kappa shape index (κ1) is 11.0. The van der Waals surface area contributed by atoms with E-state index in [1.807, 2.05) is 0 Å². The summed E-state index contributed by atoms with van der Waals surface area (Å²) in [4.78, 5) is 22.4. The molecule has 0 aromatic rings. The monoisotopic (exact) mass is 200 g/mol. The van der Waals surface area contributed by atoms with Crippen LogP contribution in [0.2, 0.25) is 0 Å². The van der Waals surface area contributed by atoms with Crippen LogP contribution in [0.15, 0.2) is 0 Å². The Morgan fingerprint density at radius 2 is 1.71 bits per heavy atom. The maximum atomic E-state index is 11.4. The maximum absolute atomic E-state index is 11.4. The van der Waals surface area contributed by atoms with E-state index in [0.29, 0.717) is 19.3 Å². The summed E-state index contributed by atoms with van der Waals surface area (Å²) in [5.74, 6) is -1.13. The van der Waals surface area contributed by atoms with Gasteiger partial charge >= 0.3 is 11.9 Å². The molecule has 0 aromatic carbocycles. The van der Waals surface area contributed by atoms with Crippen LogP contribution in [0.1, 0.15) is 33.1 Å². The predicted molar refractivity (Wildman–Crippen MR) is 49.7 cm³/mol. The summed E-state index contributed by atoms with van der Waals surface area (Å²) < 4.78 is 4.68. The number of aliphatic carboxylic acids is 1. The van der Waals surface area contributed by atoms with Gasteiger partial charge in [-0.3, -0.25) is 9.59 Å². The number of hydrogen-bond acceptors (Lipinski definition) is 3. The van der Waals surface area contributed by atoms with Crippen LogP contribution >= 0.6 is 0 Å². The van der Waals surface area contributed by atoms with Crippen molar-refractivity contribution in [1.82, 2.24) is 0 Å². The molecule has 0 unspecified atom stereocenters. The Balaban J connectivity index is 2.83. The summed E-state index contributed by atoms with van der Waals surface area (Å²) in [6, 6.07) is 0. The molecule has 0 amide bonds. The summed E-state index contributed by atoms with van der Waals surface area (Å²) >= 11 is 0. The third kappa shape index (κ3) is 1.61. The van der Waals surface area contributed by atoms with Crippen LogP contribution in [-0.4, -0.2) is 24.2 Å². The molecule has 4 heteroatoms. The first-order chi connectivity index (χ1) is 6.34. The van der Waals surface area contributed by atoms with Crippen LogP contribution in [-0.2, 0) is 14.3 Å². The average molecular weight is 200 g/mol. The molecule has 0 saturated heterocycles.